The highest BCUT2D eigenvalue weighted by molar-refractivity contribution is 9.10. The largest absolute Gasteiger partial charge is 0.348 e. The van der Waals surface area contributed by atoms with Gasteiger partial charge in [-0.2, -0.15) is 0 Å². The summed E-state index contributed by atoms with van der Waals surface area (Å²) in [6, 6.07) is 6.34. The van der Waals surface area contributed by atoms with Gasteiger partial charge in [-0.25, -0.2) is 0 Å². The molecule has 1 aliphatic carbocycles. The lowest BCUT2D eigenvalue weighted by Crippen LogP contribution is -2.61. The minimum absolute atomic E-state index is 0.00824. The Bertz CT molecular complexity index is 896. The smallest absolute Gasteiger partial charge is 0.246 e. The molecule has 2 amide bonds. The first-order valence-corrected chi connectivity index (χ1v) is 9.86. The molecule has 1 N–H and O–H groups in total. The number of rotatable bonds is 4. The molecule has 5 nitrogen and oxygen atoms in total. The molecule has 4 rings (SSSR count). The molecule has 1 fully saturated rings. The fourth-order valence-corrected chi connectivity index (χ4v) is 4.45. The number of aryl methyl sites for hydroxylation is 1. The van der Waals surface area contributed by atoms with Gasteiger partial charge < -0.3 is 14.8 Å². The number of halogens is 1. The molecule has 0 saturated carbocycles. The highest BCUT2D eigenvalue weighted by atomic mass is 79.9. The quantitative estimate of drug-likeness (QED) is 0.780. The lowest BCUT2D eigenvalue weighted by atomic mass is 9.95. The highest BCUT2D eigenvalue weighted by Crippen LogP contribution is 2.33. The monoisotopic (exact) mass is 415 g/mol. The second kappa shape index (κ2) is 6.91. The maximum Gasteiger partial charge on any atom is 0.246 e. The molecule has 2 aliphatic rings. The van der Waals surface area contributed by atoms with Crippen LogP contribution in [0, 0.1) is 0 Å². The van der Waals surface area contributed by atoms with Crippen molar-refractivity contribution in [3.05, 3.63) is 46.6 Å². The second-order valence-electron chi connectivity index (χ2n) is 7.09. The van der Waals surface area contributed by atoms with E-state index in [4.69, 9.17) is 0 Å². The number of benzene rings is 1. The van der Waals surface area contributed by atoms with Crippen molar-refractivity contribution in [3.63, 3.8) is 0 Å². The summed E-state index contributed by atoms with van der Waals surface area (Å²) < 4.78 is 3.25. The van der Waals surface area contributed by atoms with E-state index < -0.39 is 0 Å². The number of amides is 2. The molecule has 26 heavy (non-hydrogen) atoms. The van der Waals surface area contributed by atoms with E-state index in [1.165, 1.54) is 35.6 Å². The van der Waals surface area contributed by atoms with Crippen LogP contribution in [0.25, 0.3) is 10.9 Å². The maximum atomic E-state index is 12.6. The van der Waals surface area contributed by atoms with Crippen molar-refractivity contribution < 1.29 is 9.59 Å². The summed E-state index contributed by atoms with van der Waals surface area (Å²) in [5.41, 5.74) is 3.83. The number of carbonyl (C=O) groups is 2. The molecule has 1 aromatic heterocycles. The molecule has 1 aromatic carbocycles. The van der Waals surface area contributed by atoms with Crippen LogP contribution < -0.4 is 5.32 Å². The molecule has 0 unspecified atom stereocenters. The van der Waals surface area contributed by atoms with Gasteiger partial charge in [0.1, 0.15) is 6.54 Å². The Balaban J connectivity index is 1.51. The van der Waals surface area contributed by atoms with Crippen molar-refractivity contribution >= 4 is 38.6 Å². The van der Waals surface area contributed by atoms with E-state index in [0.29, 0.717) is 19.6 Å². The summed E-state index contributed by atoms with van der Waals surface area (Å²) in [5.74, 6) is -0.0690. The Morgan fingerprint density at radius 2 is 2.04 bits per heavy atom. The van der Waals surface area contributed by atoms with E-state index in [9.17, 15) is 9.59 Å². The van der Waals surface area contributed by atoms with Crippen LogP contribution in [0.3, 0.4) is 0 Å². The van der Waals surface area contributed by atoms with Crippen LogP contribution in [0.15, 0.2) is 35.3 Å². The Kier molecular flexibility index (Phi) is 4.61. The van der Waals surface area contributed by atoms with Crippen LogP contribution >= 0.6 is 15.9 Å². The molecule has 6 heteroatoms. The summed E-state index contributed by atoms with van der Waals surface area (Å²) in [7, 11) is 0. The number of carbonyl (C=O) groups excluding carboxylic acids is 2. The average Bonchev–Trinajstić information content (AvgIpc) is 2.90. The number of hydrogen-bond acceptors (Lipinski definition) is 2. The zero-order valence-electron chi connectivity index (χ0n) is 14.6. The van der Waals surface area contributed by atoms with E-state index in [2.05, 4.69) is 44.5 Å². The molecule has 2 heterocycles. The number of aromatic nitrogens is 1. The molecule has 2 aromatic rings. The second-order valence-corrected chi connectivity index (χ2v) is 8.01. The summed E-state index contributed by atoms with van der Waals surface area (Å²) in [6.07, 6.45) is 5.81. The third kappa shape index (κ3) is 3.07. The summed E-state index contributed by atoms with van der Waals surface area (Å²) in [6.45, 7) is 4.95. The van der Waals surface area contributed by atoms with Crippen molar-refractivity contribution in [1.82, 2.24) is 14.8 Å². The summed E-state index contributed by atoms with van der Waals surface area (Å²) in [5, 5.41) is 4.31. The van der Waals surface area contributed by atoms with E-state index in [1.807, 2.05) is 6.07 Å². The summed E-state index contributed by atoms with van der Waals surface area (Å²) >= 11 is 3.57. The first-order chi connectivity index (χ1) is 12.6. The number of fused-ring (bicyclic) bond motifs is 3. The number of nitrogens with zero attached hydrogens (tertiary/aromatic N) is 2. The highest BCUT2D eigenvalue weighted by Gasteiger charge is 2.30. The number of likely N-dealkylation sites (tertiary alicyclic amines) is 1. The van der Waals surface area contributed by atoms with Crippen molar-refractivity contribution in [1.29, 1.82) is 0 Å². The summed E-state index contributed by atoms with van der Waals surface area (Å²) in [4.78, 5) is 25.8. The van der Waals surface area contributed by atoms with Gasteiger partial charge in [-0.15, -0.1) is 0 Å². The maximum absolute atomic E-state index is 12.6. The Morgan fingerprint density at radius 3 is 2.81 bits per heavy atom. The Hall–Kier alpha value is -2.08. The molecule has 0 bridgehead atoms. The topological polar surface area (TPSA) is 54.3 Å². The first-order valence-electron chi connectivity index (χ1n) is 9.07. The van der Waals surface area contributed by atoms with Gasteiger partial charge in [-0.3, -0.25) is 9.59 Å². The predicted octanol–water partition coefficient (Wildman–Crippen LogP) is 2.80. The first kappa shape index (κ1) is 17.3. The lowest BCUT2D eigenvalue weighted by Gasteiger charge is -2.39. The third-order valence-corrected chi connectivity index (χ3v) is 5.87. The molecule has 136 valence electrons. The zero-order valence-corrected chi connectivity index (χ0v) is 16.2. The zero-order chi connectivity index (χ0) is 18.3. The fraction of sp³-hybridized carbons (Fsp3) is 0.400. The van der Waals surface area contributed by atoms with E-state index in [0.717, 1.165) is 22.8 Å². The molecule has 0 spiro atoms. The van der Waals surface area contributed by atoms with Crippen molar-refractivity contribution in [2.24, 2.45) is 0 Å². The van der Waals surface area contributed by atoms with Gasteiger partial charge in [0.25, 0.3) is 0 Å². The average molecular weight is 416 g/mol. The molecule has 1 aliphatic heterocycles. The third-order valence-electron chi connectivity index (χ3n) is 5.37. The number of hydrogen-bond donors (Lipinski definition) is 1. The van der Waals surface area contributed by atoms with Crippen LogP contribution in [-0.2, 0) is 29.0 Å². The van der Waals surface area contributed by atoms with E-state index >= 15 is 0 Å². The predicted molar refractivity (Wildman–Crippen MR) is 105 cm³/mol. The lowest BCUT2D eigenvalue weighted by molar-refractivity contribution is -0.133. The van der Waals surface area contributed by atoms with Crippen LogP contribution in [-0.4, -0.2) is 40.4 Å². The Labute approximate surface area is 161 Å². The molecule has 0 atom stereocenters. The van der Waals surface area contributed by atoms with Gasteiger partial charge in [0, 0.05) is 34.2 Å². The molecular weight excluding hydrogens is 394 g/mol. The minimum atomic E-state index is -0.0773. The van der Waals surface area contributed by atoms with Crippen LogP contribution in [0.1, 0.15) is 24.1 Å². The van der Waals surface area contributed by atoms with Gasteiger partial charge in [0.2, 0.25) is 11.8 Å². The van der Waals surface area contributed by atoms with Gasteiger partial charge in [0.05, 0.1) is 6.04 Å². The van der Waals surface area contributed by atoms with E-state index in [1.54, 1.807) is 4.90 Å². The van der Waals surface area contributed by atoms with Crippen LogP contribution in [0.4, 0.5) is 0 Å². The van der Waals surface area contributed by atoms with Gasteiger partial charge in [-0.05, 0) is 55.5 Å². The van der Waals surface area contributed by atoms with Crippen molar-refractivity contribution in [3.8, 4) is 0 Å². The minimum Gasteiger partial charge on any atom is -0.348 e. The van der Waals surface area contributed by atoms with Crippen molar-refractivity contribution in [2.45, 2.75) is 38.3 Å². The van der Waals surface area contributed by atoms with E-state index in [-0.39, 0.29) is 17.9 Å². The van der Waals surface area contributed by atoms with Crippen molar-refractivity contribution in [2.75, 3.05) is 13.1 Å². The number of nitrogens with one attached hydrogen (secondary N) is 1. The Morgan fingerprint density at radius 1 is 1.27 bits per heavy atom. The van der Waals surface area contributed by atoms with Gasteiger partial charge in [-0.1, -0.05) is 22.5 Å². The normalized spacial score (nSPS) is 16.9. The van der Waals surface area contributed by atoms with Crippen LogP contribution in [0.5, 0.6) is 0 Å². The molecule has 0 radical (unpaired) electrons. The van der Waals surface area contributed by atoms with Gasteiger partial charge in [0.15, 0.2) is 0 Å². The van der Waals surface area contributed by atoms with Gasteiger partial charge >= 0.3 is 0 Å². The SMILES string of the molecule is C=CC(=O)N1CC(NC(=O)Cn2c3c(c4cc(Br)ccc42)CCCC3)C1. The standard InChI is InChI=1S/C20H22BrN3O2/c1-2-20(26)23-10-14(11-23)22-19(25)12-24-17-6-4-3-5-15(17)16-9-13(21)7-8-18(16)24/h2,7-9,14H,1,3-6,10-12H2,(H,22,25). The molecular formula is C20H22BrN3O2. The molecule has 1 saturated heterocycles. The van der Waals surface area contributed by atoms with Crippen LogP contribution in [0.2, 0.25) is 0 Å². The fourth-order valence-electron chi connectivity index (χ4n) is 4.08.